The maximum atomic E-state index is 13.3. The number of nitrogens with two attached hydrogens (primary N) is 1. The van der Waals surface area contributed by atoms with Crippen LogP contribution in [0.4, 0.5) is 4.39 Å². The third-order valence-corrected chi connectivity index (χ3v) is 3.17. The molecule has 18 heavy (non-hydrogen) atoms. The predicted octanol–water partition coefficient (Wildman–Crippen LogP) is 2.72. The van der Waals surface area contributed by atoms with Crippen LogP contribution in [0.3, 0.4) is 0 Å². The van der Waals surface area contributed by atoms with Crippen LogP contribution < -0.4 is 5.73 Å². The molecule has 0 spiro atoms. The molecule has 1 atom stereocenters. The van der Waals surface area contributed by atoms with Gasteiger partial charge in [0.2, 0.25) is 0 Å². The van der Waals surface area contributed by atoms with Crippen molar-refractivity contribution in [3.05, 3.63) is 29.8 Å². The minimum atomic E-state index is -0.210. The average Bonchev–Trinajstić information content (AvgIpc) is 2.68. The summed E-state index contributed by atoms with van der Waals surface area (Å²) in [7, 11) is 0. The molecule has 3 nitrogen and oxygen atoms in total. The molecule has 98 valence electrons. The van der Waals surface area contributed by atoms with Gasteiger partial charge >= 0.3 is 0 Å². The average molecular weight is 249 g/mol. The molecular formula is C14H20FN3. The first-order valence-corrected chi connectivity index (χ1v) is 6.50. The summed E-state index contributed by atoms with van der Waals surface area (Å²) in [5, 5.41) is 0. The lowest BCUT2D eigenvalue weighted by atomic mass is 10.1. The number of imidazole rings is 1. The van der Waals surface area contributed by atoms with Crippen LogP contribution in [0.1, 0.15) is 26.1 Å². The lowest BCUT2D eigenvalue weighted by Gasteiger charge is -2.11. The van der Waals surface area contributed by atoms with Crippen molar-refractivity contribution in [3.63, 3.8) is 0 Å². The van der Waals surface area contributed by atoms with Crippen molar-refractivity contribution in [3.8, 4) is 0 Å². The normalized spacial score (nSPS) is 13.1. The maximum absolute atomic E-state index is 13.3. The molecule has 4 heteroatoms. The lowest BCUT2D eigenvalue weighted by molar-refractivity contribution is 0.544. The molecule has 0 bridgehead atoms. The van der Waals surface area contributed by atoms with Crippen molar-refractivity contribution in [1.29, 1.82) is 0 Å². The van der Waals surface area contributed by atoms with Crippen molar-refractivity contribution in [1.82, 2.24) is 9.55 Å². The van der Waals surface area contributed by atoms with Crippen LogP contribution in [-0.2, 0) is 13.0 Å². The Kier molecular flexibility index (Phi) is 3.97. The smallest absolute Gasteiger partial charge is 0.125 e. The molecule has 0 aliphatic carbocycles. The number of halogens is 1. The zero-order valence-corrected chi connectivity index (χ0v) is 11.0. The zero-order valence-electron chi connectivity index (χ0n) is 11.0. The van der Waals surface area contributed by atoms with Gasteiger partial charge in [-0.3, -0.25) is 0 Å². The summed E-state index contributed by atoms with van der Waals surface area (Å²) in [5.41, 5.74) is 7.42. The van der Waals surface area contributed by atoms with Gasteiger partial charge in [-0.2, -0.15) is 0 Å². The van der Waals surface area contributed by atoms with Gasteiger partial charge in [0.25, 0.3) is 0 Å². The summed E-state index contributed by atoms with van der Waals surface area (Å²) >= 11 is 0. The number of hydrogen-bond donors (Lipinski definition) is 1. The number of aryl methyl sites for hydroxylation is 1. The van der Waals surface area contributed by atoms with Gasteiger partial charge in [-0.25, -0.2) is 9.37 Å². The topological polar surface area (TPSA) is 43.8 Å². The van der Waals surface area contributed by atoms with E-state index in [1.54, 1.807) is 12.1 Å². The van der Waals surface area contributed by atoms with E-state index >= 15 is 0 Å². The second-order valence-electron chi connectivity index (χ2n) is 4.86. The molecule has 2 N–H and O–H groups in total. The van der Waals surface area contributed by atoms with Gasteiger partial charge in [0.05, 0.1) is 11.0 Å². The Morgan fingerprint density at radius 3 is 2.89 bits per heavy atom. The van der Waals surface area contributed by atoms with Crippen LogP contribution in [0.15, 0.2) is 18.2 Å². The Balaban J connectivity index is 2.47. The van der Waals surface area contributed by atoms with E-state index in [9.17, 15) is 4.39 Å². The Labute approximate surface area is 107 Å². The van der Waals surface area contributed by atoms with Crippen LogP contribution >= 0.6 is 0 Å². The van der Waals surface area contributed by atoms with E-state index in [4.69, 9.17) is 5.73 Å². The second kappa shape index (κ2) is 5.48. The predicted molar refractivity (Wildman–Crippen MR) is 71.9 cm³/mol. The largest absolute Gasteiger partial charge is 0.330 e. The zero-order chi connectivity index (χ0) is 13.1. The molecule has 0 aliphatic heterocycles. The van der Waals surface area contributed by atoms with E-state index in [1.165, 1.54) is 6.07 Å². The first kappa shape index (κ1) is 13.0. The van der Waals surface area contributed by atoms with E-state index in [0.717, 1.165) is 36.2 Å². The molecule has 1 unspecified atom stereocenters. The fourth-order valence-electron chi connectivity index (χ4n) is 2.17. The van der Waals surface area contributed by atoms with E-state index in [2.05, 4.69) is 23.4 Å². The van der Waals surface area contributed by atoms with E-state index in [0.29, 0.717) is 12.5 Å². The highest BCUT2D eigenvalue weighted by Gasteiger charge is 2.13. The quantitative estimate of drug-likeness (QED) is 0.885. The minimum absolute atomic E-state index is 0.210. The van der Waals surface area contributed by atoms with Crippen LogP contribution in [0.25, 0.3) is 11.0 Å². The fraction of sp³-hybridized carbons (Fsp3) is 0.500. The number of hydrogen-bond acceptors (Lipinski definition) is 2. The summed E-state index contributed by atoms with van der Waals surface area (Å²) < 4.78 is 15.4. The van der Waals surface area contributed by atoms with Crippen LogP contribution in [-0.4, -0.2) is 16.1 Å². The van der Waals surface area contributed by atoms with Gasteiger partial charge in [-0.15, -0.1) is 0 Å². The van der Waals surface area contributed by atoms with E-state index in [1.807, 2.05) is 0 Å². The third-order valence-electron chi connectivity index (χ3n) is 3.17. The first-order chi connectivity index (χ1) is 8.65. The number of nitrogens with zero attached hydrogens (tertiary/aromatic N) is 2. The monoisotopic (exact) mass is 249 g/mol. The van der Waals surface area contributed by atoms with Gasteiger partial charge in [0, 0.05) is 13.0 Å². The van der Waals surface area contributed by atoms with Crippen molar-refractivity contribution >= 4 is 11.0 Å². The summed E-state index contributed by atoms with van der Waals surface area (Å²) in [6, 6.07) is 4.77. The number of fused-ring (bicyclic) bond motifs is 1. The fourth-order valence-corrected chi connectivity index (χ4v) is 2.17. The maximum Gasteiger partial charge on any atom is 0.125 e. The summed E-state index contributed by atoms with van der Waals surface area (Å²) in [5.74, 6) is 1.19. The van der Waals surface area contributed by atoms with Crippen molar-refractivity contribution < 1.29 is 4.39 Å². The second-order valence-corrected chi connectivity index (χ2v) is 4.86. The molecule has 0 amide bonds. The highest BCUT2D eigenvalue weighted by atomic mass is 19.1. The van der Waals surface area contributed by atoms with Crippen LogP contribution in [0.5, 0.6) is 0 Å². The first-order valence-electron chi connectivity index (χ1n) is 6.50. The van der Waals surface area contributed by atoms with Crippen molar-refractivity contribution in [2.24, 2.45) is 11.7 Å². The highest BCUT2D eigenvalue weighted by molar-refractivity contribution is 5.76. The van der Waals surface area contributed by atoms with Gasteiger partial charge in [0.15, 0.2) is 0 Å². The Hall–Kier alpha value is -1.42. The molecule has 2 aromatic rings. The highest BCUT2D eigenvalue weighted by Crippen LogP contribution is 2.20. The standard InChI is InChI=1S/C14H20FN3/c1-3-6-18-13-8-11(15)4-5-12(13)17-14(18)7-10(2)9-16/h4-5,8,10H,3,6-7,9,16H2,1-2H3. The van der Waals surface area contributed by atoms with Crippen molar-refractivity contribution in [2.75, 3.05) is 6.54 Å². The number of aromatic nitrogens is 2. The van der Waals surface area contributed by atoms with E-state index < -0.39 is 0 Å². The molecule has 0 saturated carbocycles. The molecule has 1 aromatic heterocycles. The Morgan fingerprint density at radius 1 is 1.44 bits per heavy atom. The third kappa shape index (κ3) is 2.53. The summed E-state index contributed by atoms with van der Waals surface area (Å²) in [4.78, 5) is 4.60. The molecule has 0 radical (unpaired) electrons. The van der Waals surface area contributed by atoms with Crippen LogP contribution in [0, 0.1) is 11.7 Å². The molecule has 2 rings (SSSR count). The van der Waals surface area contributed by atoms with Crippen molar-refractivity contribution in [2.45, 2.75) is 33.2 Å². The molecule has 1 aromatic carbocycles. The SMILES string of the molecule is CCCn1c(CC(C)CN)nc2ccc(F)cc21. The van der Waals surface area contributed by atoms with Gasteiger partial charge in [-0.05, 0) is 37.1 Å². The van der Waals surface area contributed by atoms with Gasteiger partial charge in [-0.1, -0.05) is 13.8 Å². The van der Waals surface area contributed by atoms with E-state index in [-0.39, 0.29) is 5.82 Å². The minimum Gasteiger partial charge on any atom is -0.330 e. The van der Waals surface area contributed by atoms with Crippen LogP contribution in [0.2, 0.25) is 0 Å². The molecule has 0 fully saturated rings. The summed E-state index contributed by atoms with van der Waals surface area (Å²) in [6.45, 7) is 5.73. The number of rotatable bonds is 5. The molecular weight excluding hydrogens is 229 g/mol. The van der Waals surface area contributed by atoms with Gasteiger partial charge < -0.3 is 10.3 Å². The Bertz CT molecular complexity index is 533. The summed E-state index contributed by atoms with van der Waals surface area (Å²) in [6.07, 6.45) is 1.85. The number of benzene rings is 1. The molecule has 0 saturated heterocycles. The lowest BCUT2D eigenvalue weighted by Crippen LogP contribution is -2.16. The molecule has 1 heterocycles. The Morgan fingerprint density at radius 2 is 2.22 bits per heavy atom. The van der Waals surface area contributed by atoms with Gasteiger partial charge in [0.1, 0.15) is 11.6 Å². The molecule has 0 aliphatic rings.